The Morgan fingerprint density at radius 3 is 2.15 bits per heavy atom. The van der Waals surface area contributed by atoms with E-state index in [1.165, 1.54) is 48.9 Å². The molecule has 1 saturated heterocycles. The summed E-state index contributed by atoms with van der Waals surface area (Å²) >= 11 is 0. The molecule has 1 fully saturated rings. The lowest BCUT2D eigenvalue weighted by atomic mass is 10.0. The van der Waals surface area contributed by atoms with Gasteiger partial charge >= 0.3 is 0 Å². The van der Waals surface area contributed by atoms with Crippen LogP contribution in [0.1, 0.15) is 24.0 Å². The number of hydrogen-bond acceptors (Lipinski definition) is 4. The van der Waals surface area contributed by atoms with E-state index in [0.29, 0.717) is 4.90 Å². The maximum absolute atomic E-state index is 11.8. The van der Waals surface area contributed by atoms with Crippen LogP contribution in [-0.4, -0.2) is 42.2 Å². The number of benzene rings is 3. The molecule has 0 unspecified atom stereocenters. The fraction of sp³-hybridized carbons (Fsp3) is 0.296. The van der Waals surface area contributed by atoms with Crippen LogP contribution in [0.4, 0.5) is 0 Å². The Kier molecular flexibility index (Phi) is 5.59. The van der Waals surface area contributed by atoms with Gasteiger partial charge in [-0.15, -0.1) is 0 Å². The Bertz CT molecular complexity index is 1410. The van der Waals surface area contributed by atoms with Crippen molar-refractivity contribution in [3.05, 3.63) is 71.8 Å². The van der Waals surface area contributed by atoms with Gasteiger partial charge in [0.1, 0.15) is 5.82 Å². The van der Waals surface area contributed by atoms with Gasteiger partial charge < -0.3 is 4.57 Å². The zero-order chi connectivity index (χ0) is 23.2. The maximum Gasteiger partial charge on any atom is 0.175 e. The molecule has 2 heterocycles. The summed E-state index contributed by atoms with van der Waals surface area (Å²) in [7, 11) is -1.21. The van der Waals surface area contributed by atoms with Gasteiger partial charge in [-0.3, -0.25) is 4.90 Å². The Labute approximate surface area is 195 Å². The van der Waals surface area contributed by atoms with Crippen molar-refractivity contribution in [3.63, 3.8) is 0 Å². The SMILES string of the molecule is Cc1cc(-c2ccc(CN3CCCC3)cc2)cc2c1nc(-c1ccc(S(C)(=O)=O)cc1)n2C. The van der Waals surface area contributed by atoms with E-state index in [0.717, 1.165) is 34.5 Å². The average molecular weight is 460 g/mol. The fourth-order valence-electron chi connectivity index (χ4n) is 4.73. The normalized spacial score (nSPS) is 14.9. The number of hydrogen-bond donors (Lipinski definition) is 0. The summed E-state index contributed by atoms with van der Waals surface area (Å²) in [6.45, 7) is 5.54. The molecule has 6 heteroatoms. The first-order chi connectivity index (χ1) is 15.8. The molecule has 0 amide bonds. The number of imidazole rings is 1. The number of aromatic nitrogens is 2. The molecule has 1 aliphatic rings. The van der Waals surface area contributed by atoms with Crippen molar-refractivity contribution in [1.82, 2.24) is 14.5 Å². The number of fused-ring (bicyclic) bond motifs is 1. The monoisotopic (exact) mass is 459 g/mol. The summed E-state index contributed by atoms with van der Waals surface area (Å²) in [6.07, 6.45) is 3.85. The third kappa shape index (κ3) is 4.33. The predicted molar refractivity (Wildman–Crippen MR) is 134 cm³/mol. The second kappa shape index (κ2) is 8.43. The highest BCUT2D eigenvalue weighted by molar-refractivity contribution is 7.90. The van der Waals surface area contributed by atoms with E-state index in [1.54, 1.807) is 12.1 Å². The highest BCUT2D eigenvalue weighted by Crippen LogP contribution is 2.31. The zero-order valence-corrected chi connectivity index (χ0v) is 20.2. The summed E-state index contributed by atoms with van der Waals surface area (Å²) in [6, 6.07) is 20.2. The van der Waals surface area contributed by atoms with Gasteiger partial charge in [0.15, 0.2) is 9.84 Å². The van der Waals surface area contributed by atoms with Crippen molar-refractivity contribution in [2.75, 3.05) is 19.3 Å². The highest BCUT2D eigenvalue weighted by Gasteiger charge is 2.15. The smallest absolute Gasteiger partial charge is 0.175 e. The molecular formula is C27H29N3O2S. The van der Waals surface area contributed by atoms with Crippen LogP contribution in [0.2, 0.25) is 0 Å². The van der Waals surface area contributed by atoms with Crippen molar-refractivity contribution >= 4 is 20.9 Å². The molecule has 0 radical (unpaired) electrons. The van der Waals surface area contributed by atoms with E-state index in [1.807, 2.05) is 19.2 Å². The third-order valence-corrected chi connectivity index (χ3v) is 7.74. The molecule has 4 aromatic rings. The lowest BCUT2D eigenvalue weighted by Gasteiger charge is -2.14. The lowest BCUT2D eigenvalue weighted by molar-refractivity contribution is 0.331. The average Bonchev–Trinajstić information content (AvgIpc) is 3.42. The Morgan fingerprint density at radius 2 is 1.52 bits per heavy atom. The highest BCUT2D eigenvalue weighted by atomic mass is 32.2. The number of rotatable bonds is 5. The second-order valence-corrected chi connectivity index (χ2v) is 11.1. The first-order valence-electron chi connectivity index (χ1n) is 11.4. The van der Waals surface area contributed by atoms with Gasteiger partial charge in [-0.05, 0) is 91.5 Å². The molecule has 0 bridgehead atoms. The number of likely N-dealkylation sites (tertiary alicyclic amines) is 1. The van der Waals surface area contributed by atoms with Crippen LogP contribution in [0.25, 0.3) is 33.5 Å². The van der Waals surface area contributed by atoms with Crippen molar-refractivity contribution < 1.29 is 8.42 Å². The van der Waals surface area contributed by atoms with E-state index < -0.39 is 9.84 Å². The van der Waals surface area contributed by atoms with E-state index >= 15 is 0 Å². The Balaban J connectivity index is 1.48. The fourth-order valence-corrected chi connectivity index (χ4v) is 5.37. The van der Waals surface area contributed by atoms with Crippen LogP contribution in [0.15, 0.2) is 65.6 Å². The van der Waals surface area contributed by atoms with Crippen molar-refractivity contribution in [3.8, 4) is 22.5 Å². The molecule has 0 spiro atoms. The summed E-state index contributed by atoms with van der Waals surface area (Å²) < 4.78 is 25.7. The second-order valence-electron chi connectivity index (χ2n) is 9.13. The minimum Gasteiger partial charge on any atom is -0.327 e. The molecule has 3 aromatic carbocycles. The molecule has 0 atom stereocenters. The van der Waals surface area contributed by atoms with Gasteiger partial charge in [-0.1, -0.05) is 24.3 Å². The van der Waals surface area contributed by atoms with Gasteiger partial charge in [-0.2, -0.15) is 0 Å². The summed E-state index contributed by atoms with van der Waals surface area (Å²) in [5, 5.41) is 0. The molecule has 0 saturated carbocycles. The van der Waals surface area contributed by atoms with E-state index in [2.05, 4.69) is 52.8 Å². The summed E-state index contributed by atoms with van der Waals surface area (Å²) in [5.41, 5.74) is 7.79. The van der Waals surface area contributed by atoms with Crippen molar-refractivity contribution in [2.24, 2.45) is 7.05 Å². The van der Waals surface area contributed by atoms with Crippen LogP contribution >= 0.6 is 0 Å². The minimum absolute atomic E-state index is 0.316. The predicted octanol–water partition coefficient (Wildman–Crippen LogP) is 5.22. The molecule has 33 heavy (non-hydrogen) atoms. The zero-order valence-electron chi connectivity index (χ0n) is 19.4. The molecule has 0 N–H and O–H groups in total. The molecule has 5 rings (SSSR count). The topological polar surface area (TPSA) is 55.2 Å². The number of nitrogens with zero attached hydrogens (tertiary/aromatic N) is 3. The van der Waals surface area contributed by atoms with Crippen LogP contribution in [0, 0.1) is 6.92 Å². The summed E-state index contributed by atoms with van der Waals surface area (Å²) in [4.78, 5) is 7.72. The quantitative estimate of drug-likeness (QED) is 0.411. The maximum atomic E-state index is 11.8. The van der Waals surface area contributed by atoms with Crippen molar-refractivity contribution in [2.45, 2.75) is 31.2 Å². The lowest BCUT2D eigenvalue weighted by Crippen LogP contribution is -2.18. The Morgan fingerprint density at radius 1 is 0.879 bits per heavy atom. The third-order valence-electron chi connectivity index (χ3n) is 6.61. The van der Waals surface area contributed by atoms with Gasteiger partial charge in [0.2, 0.25) is 0 Å². The Hall–Kier alpha value is -2.96. The first-order valence-corrected chi connectivity index (χ1v) is 13.3. The van der Waals surface area contributed by atoms with Crippen LogP contribution in [0.5, 0.6) is 0 Å². The molecule has 5 nitrogen and oxygen atoms in total. The van der Waals surface area contributed by atoms with Gasteiger partial charge in [-0.25, -0.2) is 13.4 Å². The van der Waals surface area contributed by atoms with Crippen LogP contribution in [0.3, 0.4) is 0 Å². The van der Waals surface area contributed by atoms with Crippen molar-refractivity contribution in [1.29, 1.82) is 0 Å². The number of aryl methyl sites for hydroxylation is 2. The van der Waals surface area contributed by atoms with Gasteiger partial charge in [0.25, 0.3) is 0 Å². The molecule has 1 aromatic heterocycles. The number of sulfone groups is 1. The summed E-state index contributed by atoms with van der Waals surface area (Å²) in [5.74, 6) is 0.825. The van der Waals surface area contributed by atoms with Gasteiger partial charge in [0.05, 0.1) is 15.9 Å². The largest absolute Gasteiger partial charge is 0.327 e. The molecular weight excluding hydrogens is 430 g/mol. The molecule has 0 aliphatic carbocycles. The van der Waals surface area contributed by atoms with Gasteiger partial charge in [0, 0.05) is 25.4 Å². The standard InChI is InChI=1S/C27H29N3O2S/c1-19-16-23(21-8-6-20(7-9-21)18-30-14-4-5-15-30)17-25-26(19)28-27(29(25)2)22-10-12-24(13-11-22)33(3,31)32/h6-13,16-17H,4-5,14-15,18H2,1-3H3. The molecule has 1 aliphatic heterocycles. The van der Waals surface area contributed by atoms with Crippen LogP contribution < -0.4 is 0 Å². The van der Waals surface area contributed by atoms with E-state index in [4.69, 9.17) is 4.98 Å². The van der Waals surface area contributed by atoms with E-state index in [9.17, 15) is 8.42 Å². The first kappa shape index (κ1) is 21.9. The molecule has 170 valence electrons. The minimum atomic E-state index is -3.22. The van der Waals surface area contributed by atoms with Crippen LogP contribution in [-0.2, 0) is 23.4 Å². The van der Waals surface area contributed by atoms with E-state index in [-0.39, 0.29) is 0 Å².